The third-order valence-electron chi connectivity index (χ3n) is 5.39. The molecule has 2 fully saturated rings. The third kappa shape index (κ3) is 7.48. The average molecular weight is 397 g/mol. The summed E-state index contributed by atoms with van der Waals surface area (Å²) in [5, 5.41) is 15.6. The fourth-order valence-corrected chi connectivity index (χ4v) is 4.00. The number of nitrogens with zero attached hydrogens (tertiary/aromatic N) is 2. The second-order valence-corrected chi connectivity index (χ2v) is 7.90. The van der Waals surface area contributed by atoms with Crippen molar-refractivity contribution < 1.29 is 19.8 Å². The van der Waals surface area contributed by atoms with Crippen LogP contribution in [-0.2, 0) is 16.1 Å². The molecule has 0 radical (unpaired) electrons. The lowest BCUT2D eigenvalue weighted by atomic mass is 9.86. The minimum atomic E-state index is -1.82. The molecule has 1 aliphatic heterocycles. The van der Waals surface area contributed by atoms with Crippen molar-refractivity contribution in [1.82, 2.24) is 9.80 Å². The third-order valence-corrected chi connectivity index (χ3v) is 5.62. The molecule has 0 amide bonds. The molecule has 1 saturated carbocycles. The predicted octanol–water partition coefficient (Wildman–Crippen LogP) is 3.19. The van der Waals surface area contributed by atoms with Gasteiger partial charge >= 0.3 is 11.9 Å². The van der Waals surface area contributed by atoms with Gasteiger partial charge in [-0.1, -0.05) is 30.7 Å². The fraction of sp³-hybridized carbons (Fsp3) is 0.600. The van der Waals surface area contributed by atoms with E-state index in [0.717, 1.165) is 23.5 Å². The molecule has 1 aromatic rings. The van der Waals surface area contributed by atoms with Gasteiger partial charge in [0.25, 0.3) is 0 Å². The van der Waals surface area contributed by atoms with Gasteiger partial charge in [-0.05, 0) is 49.3 Å². The van der Waals surface area contributed by atoms with Crippen molar-refractivity contribution in [2.45, 2.75) is 45.2 Å². The molecule has 27 heavy (non-hydrogen) atoms. The summed E-state index contributed by atoms with van der Waals surface area (Å²) < 4.78 is 0. The van der Waals surface area contributed by atoms with Crippen molar-refractivity contribution in [3.05, 3.63) is 34.9 Å². The molecule has 1 aliphatic carbocycles. The van der Waals surface area contributed by atoms with Gasteiger partial charge in [0.2, 0.25) is 0 Å². The van der Waals surface area contributed by atoms with Crippen molar-refractivity contribution >= 4 is 23.5 Å². The first kappa shape index (κ1) is 21.7. The van der Waals surface area contributed by atoms with Gasteiger partial charge in [0, 0.05) is 43.8 Å². The first-order chi connectivity index (χ1) is 12.8. The Morgan fingerprint density at radius 2 is 1.63 bits per heavy atom. The van der Waals surface area contributed by atoms with E-state index < -0.39 is 11.9 Å². The summed E-state index contributed by atoms with van der Waals surface area (Å²) in [4.78, 5) is 23.5. The highest BCUT2D eigenvalue weighted by molar-refractivity contribution is 6.30. The molecule has 0 bridgehead atoms. The van der Waals surface area contributed by atoms with E-state index in [2.05, 4.69) is 34.9 Å². The lowest BCUT2D eigenvalue weighted by Gasteiger charge is -2.41. The molecule has 2 N–H and O–H groups in total. The van der Waals surface area contributed by atoms with Gasteiger partial charge in [0.05, 0.1) is 0 Å². The Morgan fingerprint density at radius 1 is 1.04 bits per heavy atom. The number of piperazine rings is 1. The van der Waals surface area contributed by atoms with Gasteiger partial charge in [0.15, 0.2) is 0 Å². The Bertz CT molecular complexity index is 612. The number of rotatable bonds is 3. The zero-order valence-corrected chi connectivity index (χ0v) is 16.6. The molecule has 1 saturated heterocycles. The van der Waals surface area contributed by atoms with Crippen LogP contribution in [-0.4, -0.2) is 64.2 Å². The normalized spacial score (nSPS) is 23.9. The maximum absolute atomic E-state index is 9.10. The van der Waals surface area contributed by atoms with Crippen LogP contribution in [0, 0.1) is 5.92 Å². The van der Waals surface area contributed by atoms with Crippen LogP contribution >= 0.6 is 11.6 Å². The van der Waals surface area contributed by atoms with Crippen LogP contribution in [0.25, 0.3) is 0 Å². The van der Waals surface area contributed by atoms with E-state index in [-0.39, 0.29) is 0 Å². The van der Waals surface area contributed by atoms with Crippen LogP contribution in [0.5, 0.6) is 0 Å². The SMILES string of the molecule is CC1CCC(N2CCN(Cc3cccc(Cl)c3)CC2)CC1.O=C(O)C(=O)O. The quantitative estimate of drug-likeness (QED) is 0.763. The highest BCUT2D eigenvalue weighted by atomic mass is 35.5. The molecule has 1 aromatic carbocycles. The molecule has 0 atom stereocenters. The summed E-state index contributed by atoms with van der Waals surface area (Å²) in [6.45, 7) is 8.30. The highest BCUT2D eigenvalue weighted by Gasteiger charge is 2.26. The summed E-state index contributed by atoms with van der Waals surface area (Å²) in [6, 6.07) is 9.14. The smallest absolute Gasteiger partial charge is 0.414 e. The highest BCUT2D eigenvalue weighted by Crippen LogP contribution is 2.27. The zero-order chi connectivity index (χ0) is 19.8. The zero-order valence-electron chi connectivity index (χ0n) is 15.8. The van der Waals surface area contributed by atoms with Gasteiger partial charge in [-0.2, -0.15) is 0 Å². The van der Waals surface area contributed by atoms with Crippen molar-refractivity contribution in [3.63, 3.8) is 0 Å². The first-order valence-corrected chi connectivity index (χ1v) is 9.90. The first-order valence-electron chi connectivity index (χ1n) is 9.52. The van der Waals surface area contributed by atoms with E-state index in [0.29, 0.717) is 0 Å². The number of carbonyl (C=O) groups is 2. The van der Waals surface area contributed by atoms with Crippen LogP contribution in [0.2, 0.25) is 5.02 Å². The molecule has 0 spiro atoms. The molecule has 0 unspecified atom stereocenters. The number of carboxylic acids is 2. The number of hydrogen-bond donors (Lipinski definition) is 2. The largest absolute Gasteiger partial charge is 0.473 e. The second kappa shape index (κ2) is 10.6. The number of hydrogen-bond acceptors (Lipinski definition) is 4. The molecule has 150 valence electrons. The van der Waals surface area contributed by atoms with Gasteiger partial charge in [-0.3, -0.25) is 9.80 Å². The lowest BCUT2D eigenvalue weighted by molar-refractivity contribution is -0.159. The maximum atomic E-state index is 9.10. The van der Waals surface area contributed by atoms with Gasteiger partial charge < -0.3 is 10.2 Å². The van der Waals surface area contributed by atoms with Crippen LogP contribution in [0.15, 0.2) is 24.3 Å². The van der Waals surface area contributed by atoms with Crippen LogP contribution in [0.4, 0.5) is 0 Å². The van der Waals surface area contributed by atoms with Gasteiger partial charge in [0.1, 0.15) is 0 Å². The minimum absolute atomic E-state index is 0.850. The number of benzene rings is 1. The molecule has 0 aromatic heterocycles. The lowest BCUT2D eigenvalue weighted by Crippen LogP contribution is -2.50. The Labute approximate surface area is 165 Å². The summed E-state index contributed by atoms with van der Waals surface area (Å²) in [5.41, 5.74) is 1.34. The van der Waals surface area contributed by atoms with E-state index in [9.17, 15) is 0 Å². The Kier molecular flexibility index (Phi) is 8.54. The van der Waals surface area contributed by atoms with Gasteiger partial charge in [-0.25, -0.2) is 9.59 Å². The molecular weight excluding hydrogens is 368 g/mol. The van der Waals surface area contributed by atoms with E-state index in [4.69, 9.17) is 31.4 Å². The van der Waals surface area contributed by atoms with Crippen LogP contribution in [0.1, 0.15) is 38.2 Å². The summed E-state index contributed by atoms with van der Waals surface area (Å²) in [5.74, 6) is -2.70. The van der Waals surface area contributed by atoms with Crippen molar-refractivity contribution in [2.24, 2.45) is 5.92 Å². The van der Waals surface area contributed by atoms with Crippen molar-refractivity contribution in [1.29, 1.82) is 0 Å². The van der Waals surface area contributed by atoms with E-state index in [1.54, 1.807) is 0 Å². The Morgan fingerprint density at radius 3 is 2.15 bits per heavy atom. The van der Waals surface area contributed by atoms with Crippen LogP contribution < -0.4 is 0 Å². The average Bonchev–Trinajstić information content (AvgIpc) is 2.64. The fourth-order valence-electron chi connectivity index (χ4n) is 3.79. The minimum Gasteiger partial charge on any atom is -0.473 e. The van der Waals surface area contributed by atoms with Crippen molar-refractivity contribution in [3.8, 4) is 0 Å². The summed E-state index contributed by atoms with van der Waals surface area (Å²) >= 11 is 6.07. The Hall–Kier alpha value is -1.63. The molecular formula is C20H29ClN2O4. The van der Waals surface area contributed by atoms with Crippen LogP contribution in [0.3, 0.4) is 0 Å². The topological polar surface area (TPSA) is 81.1 Å². The second-order valence-electron chi connectivity index (χ2n) is 7.47. The van der Waals surface area contributed by atoms with E-state index >= 15 is 0 Å². The van der Waals surface area contributed by atoms with Crippen molar-refractivity contribution in [2.75, 3.05) is 26.2 Å². The number of carboxylic acid groups (broad SMARTS) is 2. The number of aliphatic carboxylic acids is 2. The summed E-state index contributed by atoms with van der Waals surface area (Å²) in [6.07, 6.45) is 5.67. The Balaban J connectivity index is 0.000000380. The number of halogens is 1. The summed E-state index contributed by atoms with van der Waals surface area (Å²) in [7, 11) is 0. The maximum Gasteiger partial charge on any atom is 0.414 e. The predicted molar refractivity (Wildman–Crippen MR) is 105 cm³/mol. The molecule has 7 heteroatoms. The van der Waals surface area contributed by atoms with E-state index in [1.165, 1.54) is 57.4 Å². The monoisotopic (exact) mass is 396 g/mol. The van der Waals surface area contributed by atoms with Gasteiger partial charge in [-0.15, -0.1) is 0 Å². The molecule has 3 rings (SSSR count). The standard InChI is InChI=1S/C18H27ClN2.C2H2O4/c1-15-5-7-18(8-6-15)21-11-9-20(10-12-21)14-16-3-2-4-17(19)13-16;3-1(4)2(5)6/h2-4,13,15,18H,5-12,14H2,1H3;(H,3,4)(H,5,6). The molecule has 6 nitrogen and oxygen atoms in total. The molecule has 2 aliphatic rings. The molecule has 1 heterocycles. The van der Waals surface area contributed by atoms with E-state index in [1.807, 2.05) is 6.07 Å².